The summed E-state index contributed by atoms with van der Waals surface area (Å²) in [5, 5.41) is 10.0. The van der Waals surface area contributed by atoms with E-state index in [4.69, 9.17) is 10.8 Å². The van der Waals surface area contributed by atoms with E-state index in [0.717, 1.165) is 22.9 Å². The highest BCUT2D eigenvalue weighted by Crippen LogP contribution is 2.34. The summed E-state index contributed by atoms with van der Waals surface area (Å²) >= 11 is 1.40. The second kappa shape index (κ2) is 5.38. The van der Waals surface area contributed by atoms with Gasteiger partial charge in [-0.25, -0.2) is 0 Å². The first-order valence-corrected chi connectivity index (χ1v) is 7.54. The molecule has 0 spiro atoms. The van der Waals surface area contributed by atoms with Crippen LogP contribution in [0.3, 0.4) is 0 Å². The molecule has 0 bridgehead atoms. The number of anilines is 1. The number of likely N-dealkylation sites (tertiary alicyclic amines) is 1. The Morgan fingerprint density at radius 2 is 2.25 bits per heavy atom. The molecule has 106 valence electrons. The van der Waals surface area contributed by atoms with Gasteiger partial charge in [-0.2, -0.15) is 0 Å². The van der Waals surface area contributed by atoms with Crippen LogP contribution in [0.25, 0.3) is 10.1 Å². The monoisotopic (exact) mass is 291 g/mol. The zero-order valence-corrected chi connectivity index (χ0v) is 11.9. The van der Waals surface area contributed by atoms with Crippen LogP contribution in [0, 0.1) is 5.92 Å². The van der Waals surface area contributed by atoms with Crippen LogP contribution in [-0.2, 0) is 0 Å². The number of carbonyl (C=O) groups is 1. The number of aliphatic hydroxyl groups excluding tert-OH is 1. The van der Waals surface area contributed by atoms with Crippen LogP contribution in [0.4, 0.5) is 5.69 Å². The number of carbonyl (C=O) groups excluding carboxylic acids is 1. The topological polar surface area (TPSA) is 79.5 Å². The molecule has 0 atom stereocenters. The molecule has 0 aliphatic carbocycles. The van der Waals surface area contributed by atoms with E-state index in [1.54, 1.807) is 12.4 Å². The third-order valence-electron chi connectivity index (χ3n) is 3.89. The zero-order chi connectivity index (χ0) is 14.1. The van der Waals surface area contributed by atoms with Crippen molar-refractivity contribution in [2.75, 3.05) is 25.4 Å². The quantitative estimate of drug-likeness (QED) is 0.883. The van der Waals surface area contributed by atoms with Gasteiger partial charge in [0, 0.05) is 37.5 Å². The van der Waals surface area contributed by atoms with E-state index in [2.05, 4.69) is 4.98 Å². The number of nitrogen functional groups attached to an aromatic ring is 1. The number of piperidine rings is 1. The van der Waals surface area contributed by atoms with Crippen LogP contribution in [0.2, 0.25) is 0 Å². The molecule has 3 rings (SSSR count). The van der Waals surface area contributed by atoms with E-state index in [1.807, 2.05) is 11.0 Å². The number of amides is 1. The summed E-state index contributed by atoms with van der Waals surface area (Å²) in [5.74, 6) is 0.322. The summed E-state index contributed by atoms with van der Waals surface area (Å²) in [4.78, 5) is 19.1. The summed E-state index contributed by atoms with van der Waals surface area (Å²) < 4.78 is 0.943. The lowest BCUT2D eigenvalue weighted by molar-refractivity contribution is 0.0656. The standard InChI is InChI=1S/C14H17N3O2S/c15-12-10-1-4-16-7-11(10)20-13(12)14(19)17-5-2-9(8-18)3-6-17/h1,4,7,9,18H,2-3,5-6,8,15H2. The normalized spacial score (nSPS) is 16.8. The molecule has 1 amide bonds. The maximum atomic E-state index is 12.6. The molecular formula is C14H17N3O2S. The van der Waals surface area contributed by atoms with Crippen LogP contribution < -0.4 is 5.73 Å². The number of nitrogens with zero attached hydrogens (tertiary/aromatic N) is 2. The Balaban J connectivity index is 1.84. The third kappa shape index (κ3) is 2.25. The summed E-state index contributed by atoms with van der Waals surface area (Å²) in [6, 6.07) is 1.84. The Bertz CT molecular complexity index is 632. The Labute approximate surface area is 121 Å². The fourth-order valence-electron chi connectivity index (χ4n) is 2.59. The highest BCUT2D eigenvalue weighted by molar-refractivity contribution is 7.21. The van der Waals surface area contributed by atoms with Crippen molar-refractivity contribution < 1.29 is 9.90 Å². The van der Waals surface area contributed by atoms with Gasteiger partial charge < -0.3 is 15.7 Å². The molecule has 1 aliphatic rings. The van der Waals surface area contributed by atoms with Gasteiger partial charge in [0.2, 0.25) is 0 Å². The van der Waals surface area contributed by atoms with E-state index in [9.17, 15) is 4.79 Å². The predicted molar refractivity (Wildman–Crippen MR) is 79.7 cm³/mol. The van der Waals surface area contributed by atoms with Crippen molar-refractivity contribution in [3.8, 4) is 0 Å². The Morgan fingerprint density at radius 1 is 1.50 bits per heavy atom. The fourth-order valence-corrected chi connectivity index (χ4v) is 3.65. The molecule has 0 radical (unpaired) electrons. The van der Waals surface area contributed by atoms with Crippen molar-refractivity contribution >= 4 is 33.0 Å². The third-order valence-corrected chi connectivity index (χ3v) is 5.03. The van der Waals surface area contributed by atoms with E-state index >= 15 is 0 Å². The van der Waals surface area contributed by atoms with Crippen molar-refractivity contribution in [3.05, 3.63) is 23.3 Å². The summed E-state index contributed by atoms with van der Waals surface area (Å²) in [7, 11) is 0. The maximum absolute atomic E-state index is 12.6. The van der Waals surface area contributed by atoms with Crippen molar-refractivity contribution in [2.45, 2.75) is 12.8 Å². The lowest BCUT2D eigenvalue weighted by Gasteiger charge is -2.30. The number of rotatable bonds is 2. The van der Waals surface area contributed by atoms with E-state index in [0.29, 0.717) is 29.6 Å². The number of aromatic nitrogens is 1. The average Bonchev–Trinajstić information content (AvgIpc) is 2.84. The molecule has 0 aromatic carbocycles. The smallest absolute Gasteiger partial charge is 0.266 e. The Kier molecular flexibility index (Phi) is 3.58. The minimum absolute atomic E-state index is 0.0000831. The van der Waals surface area contributed by atoms with E-state index in [1.165, 1.54) is 11.3 Å². The largest absolute Gasteiger partial charge is 0.397 e. The molecule has 1 fully saturated rings. The van der Waals surface area contributed by atoms with Crippen LogP contribution >= 0.6 is 11.3 Å². The predicted octanol–water partition coefficient (Wildman–Crippen LogP) is 1.72. The number of aliphatic hydroxyl groups is 1. The number of hydrogen-bond acceptors (Lipinski definition) is 5. The van der Waals surface area contributed by atoms with Gasteiger partial charge in [0.05, 0.1) is 10.4 Å². The van der Waals surface area contributed by atoms with Gasteiger partial charge in [0.15, 0.2) is 0 Å². The molecule has 1 aliphatic heterocycles. The summed E-state index contributed by atoms with van der Waals surface area (Å²) in [6.45, 7) is 1.59. The van der Waals surface area contributed by atoms with Gasteiger partial charge in [-0.1, -0.05) is 0 Å². The van der Waals surface area contributed by atoms with Gasteiger partial charge in [-0.05, 0) is 24.8 Å². The molecule has 6 heteroatoms. The molecule has 3 heterocycles. The van der Waals surface area contributed by atoms with Crippen molar-refractivity contribution in [3.63, 3.8) is 0 Å². The number of hydrogen-bond donors (Lipinski definition) is 2. The van der Waals surface area contributed by atoms with Crippen molar-refractivity contribution in [1.82, 2.24) is 9.88 Å². The average molecular weight is 291 g/mol. The molecule has 2 aromatic heterocycles. The number of nitrogens with two attached hydrogens (primary N) is 1. The van der Waals surface area contributed by atoms with E-state index < -0.39 is 0 Å². The number of fused-ring (bicyclic) bond motifs is 1. The van der Waals surface area contributed by atoms with Crippen molar-refractivity contribution in [1.29, 1.82) is 0 Å². The second-order valence-electron chi connectivity index (χ2n) is 5.13. The lowest BCUT2D eigenvalue weighted by Crippen LogP contribution is -2.39. The zero-order valence-electron chi connectivity index (χ0n) is 11.1. The van der Waals surface area contributed by atoms with Gasteiger partial charge in [0.1, 0.15) is 4.88 Å². The van der Waals surface area contributed by atoms with Gasteiger partial charge >= 0.3 is 0 Å². The molecule has 3 N–H and O–H groups in total. The van der Waals surface area contributed by atoms with Crippen molar-refractivity contribution in [2.24, 2.45) is 5.92 Å². The highest BCUT2D eigenvalue weighted by atomic mass is 32.1. The summed E-state index contributed by atoms with van der Waals surface area (Å²) in [6.07, 6.45) is 5.14. The molecule has 20 heavy (non-hydrogen) atoms. The molecule has 0 unspecified atom stereocenters. The lowest BCUT2D eigenvalue weighted by atomic mass is 9.98. The number of thiophene rings is 1. The van der Waals surface area contributed by atoms with Gasteiger partial charge in [-0.3, -0.25) is 9.78 Å². The van der Waals surface area contributed by atoms with Crippen LogP contribution in [0.15, 0.2) is 18.5 Å². The minimum atomic E-state index is 0.0000831. The van der Waals surface area contributed by atoms with Crippen LogP contribution in [0.1, 0.15) is 22.5 Å². The maximum Gasteiger partial charge on any atom is 0.266 e. The molecule has 0 saturated carbocycles. The molecule has 5 nitrogen and oxygen atoms in total. The molecule has 1 saturated heterocycles. The second-order valence-corrected chi connectivity index (χ2v) is 6.19. The Morgan fingerprint density at radius 3 is 2.90 bits per heavy atom. The first-order valence-electron chi connectivity index (χ1n) is 6.73. The first kappa shape index (κ1) is 13.3. The van der Waals surface area contributed by atoms with Gasteiger partial charge in [0.25, 0.3) is 5.91 Å². The first-order chi connectivity index (χ1) is 9.70. The molecular weight excluding hydrogens is 274 g/mol. The summed E-state index contributed by atoms with van der Waals surface area (Å²) in [5.41, 5.74) is 6.65. The van der Waals surface area contributed by atoms with Crippen LogP contribution in [0.5, 0.6) is 0 Å². The number of pyridine rings is 1. The SMILES string of the molecule is Nc1c(C(=O)N2CCC(CO)CC2)sc2cnccc12. The minimum Gasteiger partial charge on any atom is -0.397 e. The molecule has 2 aromatic rings. The van der Waals surface area contributed by atoms with Crippen LogP contribution in [-0.4, -0.2) is 40.6 Å². The van der Waals surface area contributed by atoms with Gasteiger partial charge in [-0.15, -0.1) is 11.3 Å². The Hall–Kier alpha value is -1.66. The van der Waals surface area contributed by atoms with E-state index in [-0.39, 0.29) is 12.5 Å². The fraction of sp³-hybridized carbons (Fsp3) is 0.429. The highest BCUT2D eigenvalue weighted by Gasteiger charge is 2.26.